The zero-order valence-corrected chi connectivity index (χ0v) is 11.7. The lowest BCUT2D eigenvalue weighted by Crippen LogP contribution is -2.22. The van der Waals surface area contributed by atoms with Crippen LogP contribution in [0.15, 0.2) is 29.2 Å². The fraction of sp³-hybridized carbons (Fsp3) is 0.273. The maximum Gasteiger partial charge on any atom is 0.349 e. The van der Waals surface area contributed by atoms with Crippen LogP contribution in [0, 0.1) is 15.5 Å². The van der Waals surface area contributed by atoms with Gasteiger partial charge in [0, 0.05) is 18.6 Å². The molecule has 0 fully saturated rings. The number of nitrogens with one attached hydrogen (secondary N) is 1. The number of nitrogens with zero attached hydrogens (tertiary/aromatic N) is 1. The van der Waals surface area contributed by atoms with Crippen LogP contribution in [0.2, 0.25) is 0 Å². The summed E-state index contributed by atoms with van der Waals surface area (Å²) in [5.74, 6) is -1.46. The van der Waals surface area contributed by atoms with Crippen LogP contribution in [-0.4, -0.2) is 36.2 Å². The summed E-state index contributed by atoms with van der Waals surface area (Å²) in [5.41, 5.74) is -0.948. The second kappa shape index (κ2) is 6.41. The summed E-state index contributed by atoms with van der Waals surface area (Å²) in [7, 11) is -4.19. The summed E-state index contributed by atoms with van der Waals surface area (Å²) in [6.07, 6.45) is -1.43. The molecule has 0 saturated heterocycles. The van der Waals surface area contributed by atoms with Crippen molar-refractivity contribution in [1.82, 2.24) is 0 Å². The van der Waals surface area contributed by atoms with Crippen LogP contribution in [0.4, 0.5) is 5.69 Å². The summed E-state index contributed by atoms with van der Waals surface area (Å²) in [6.45, 7) is 1.31. The molecule has 114 valence electrons. The number of carbonyl (C=O) groups is 1. The molecule has 0 bridgehead atoms. The maximum absolute atomic E-state index is 11.9. The molecule has 21 heavy (non-hydrogen) atoms. The van der Waals surface area contributed by atoms with Gasteiger partial charge >= 0.3 is 5.97 Å². The second-order valence-corrected chi connectivity index (χ2v) is 5.67. The Kier molecular flexibility index (Phi) is 5.11. The van der Waals surface area contributed by atoms with E-state index in [-0.39, 0.29) is 17.0 Å². The first-order valence-corrected chi connectivity index (χ1v) is 7.03. The van der Waals surface area contributed by atoms with Crippen molar-refractivity contribution in [2.24, 2.45) is 0 Å². The Morgan fingerprint density at radius 3 is 2.38 bits per heavy atom. The largest absolute Gasteiger partial charge is 0.477 e. The van der Waals surface area contributed by atoms with Crippen molar-refractivity contribution in [3.63, 3.8) is 0 Å². The lowest BCUT2D eigenvalue weighted by molar-refractivity contribution is -0.384. The minimum absolute atomic E-state index is 0.269. The number of rotatable bonds is 7. The third-order valence-electron chi connectivity index (χ3n) is 2.38. The van der Waals surface area contributed by atoms with Gasteiger partial charge in [-0.05, 0) is 19.1 Å². The van der Waals surface area contributed by atoms with Crippen LogP contribution < -0.4 is 0 Å². The molecule has 10 heteroatoms. The molecule has 0 aromatic heterocycles. The molecule has 0 spiro atoms. The van der Waals surface area contributed by atoms with E-state index in [2.05, 4.69) is 0 Å². The first-order valence-electron chi connectivity index (χ1n) is 5.62. The number of nitro benzene ring substituents is 1. The Morgan fingerprint density at radius 1 is 1.43 bits per heavy atom. The van der Waals surface area contributed by atoms with Gasteiger partial charge < -0.3 is 5.11 Å². The van der Waals surface area contributed by atoms with Crippen molar-refractivity contribution in [1.29, 1.82) is 5.41 Å². The van der Waals surface area contributed by atoms with Crippen LogP contribution in [0.5, 0.6) is 0 Å². The van der Waals surface area contributed by atoms with Crippen molar-refractivity contribution in [2.75, 3.05) is 0 Å². The van der Waals surface area contributed by atoms with Crippen molar-refractivity contribution in [3.05, 3.63) is 34.4 Å². The normalized spacial score (nSPS) is 12.6. The van der Waals surface area contributed by atoms with E-state index in [1.54, 1.807) is 0 Å². The molecule has 0 unspecified atom stereocenters. The lowest BCUT2D eigenvalue weighted by atomic mass is 10.2. The van der Waals surface area contributed by atoms with E-state index in [0.29, 0.717) is 0 Å². The maximum atomic E-state index is 11.9. The van der Waals surface area contributed by atoms with E-state index in [0.717, 1.165) is 24.3 Å². The average molecular weight is 316 g/mol. The van der Waals surface area contributed by atoms with Gasteiger partial charge in [-0.1, -0.05) is 0 Å². The van der Waals surface area contributed by atoms with Gasteiger partial charge in [-0.3, -0.25) is 19.7 Å². The smallest absolute Gasteiger partial charge is 0.349 e. The van der Waals surface area contributed by atoms with E-state index >= 15 is 0 Å². The number of carboxylic acids is 1. The minimum atomic E-state index is -4.19. The molecule has 0 amide bonds. The number of carboxylic acid groups (broad SMARTS) is 1. The van der Waals surface area contributed by atoms with Crippen LogP contribution >= 0.6 is 0 Å². The SMILES string of the molecule is C[C@@H](CC(=N)C(=O)O)OS(=O)(=O)c1ccc([N+](=O)[O-])cc1. The Balaban J connectivity index is 2.84. The summed E-state index contributed by atoms with van der Waals surface area (Å²) >= 11 is 0. The molecule has 0 heterocycles. The fourth-order valence-corrected chi connectivity index (χ4v) is 2.50. The van der Waals surface area contributed by atoms with Crippen molar-refractivity contribution >= 4 is 27.5 Å². The second-order valence-electron chi connectivity index (χ2n) is 4.10. The van der Waals surface area contributed by atoms with Gasteiger partial charge in [0.2, 0.25) is 0 Å². The number of nitro groups is 1. The molecular formula is C11H12N2O7S. The number of non-ortho nitro benzene ring substituents is 1. The Hall–Kier alpha value is -2.33. The van der Waals surface area contributed by atoms with Crippen LogP contribution in [0.25, 0.3) is 0 Å². The third kappa shape index (κ3) is 4.61. The molecule has 1 rings (SSSR count). The predicted octanol–water partition coefficient (Wildman–Crippen LogP) is 1.18. The van der Waals surface area contributed by atoms with Crippen LogP contribution in [0.1, 0.15) is 13.3 Å². The lowest BCUT2D eigenvalue weighted by Gasteiger charge is -2.12. The number of benzene rings is 1. The van der Waals surface area contributed by atoms with E-state index in [1.807, 2.05) is 0 Å². The van der Waals surface area contributed by atoms with Crippen molar-refractivity contribution < 1.29 is 27.4 Å². The average Bonchev–Trinajstić information content (AvgIpc) is 2.37. The molecule has 1 aromatic carbocycles. The van der Waals surface area contributed by atoms with E-state index < -0.39 is 32.8 Å². The van der Waals surface area contributed by atoms with Gasteiger partial charge in [-0.2, -0.15) is 8.42 Å². The number of aliphatic carboxylic acids is 1. The fourth-order valence-electron chi connectivity index (χ4n) is 1.42. The topological polar surface area (TPSA) is 148 Å². The Morgan fingerprint density at radius 2 is 1.95 bits per heavy atom. The van der Waals surface area contributed by atoms with Gasteiger partial charge in [-0.25, -0.2) is 4.79 Å². The van der Waals surface area contributed by atoms with Gasteiger partial charge in [0.1, 0.15) is 5.71 Å². The van der Waals surface area contributed by atoms with Gasteiger partial charge in [0.15, 0.2) is 0 Å². The Labute approximate surface area is 119 Å². The van der Waals surface area contributed by atoms with Crippen LogP contribution in [-0.2, 0) is 19.1 Å². The van der Waals surface area contributed by atoms with E-state index in [9.17, 15) is 23.3 Å². The minimum Gasteiger partial charge on any atom is -0.477 e. The highest BCUT2D eigenvalue weighted by Gasteiger charge is 2.22. The number of hydrogen-bond donors (Lipinski definition) is 2. The van der Waals surface area contributed by atoms with Crippen LogP contribution in [0.3, 0.4) is 0 Å². The highest BCUT2D eigenvalue weighted by Crippen LogP contribution is 2.19. The molecule has 1 atom stereocenters. The third-order valence-corrected chi connectivity index (χ3v) is 3.81. The van der Waals surface area contributed by atoms with E-state index in [1.165, 1.54) is 6.92 Å². The molecule has 0 radical (unpaired) electrons. The number of hydrogen-bond acceptors (Lipinski definition) is 7. The summed E-state index contributed by atoms with van der Waals surface area (Å²) in [5, 5.41) is 26.1. The van der Waals surface area contributed by atoms with Gasteiger partial charge in [-0.15, -0.1) is 0 Å². The molecule has 2 N–H and O–H groups in total. The summed E-state index contributed by atoms with van der Waals surface area (Å²) < 4.78 is 28.5. The monoisotopic (exact) mass is 316 g/mol. The van der Waals surface area contributed by atoms with Crippen molar-refractivity contribution in [2.45, 2.75) is 24.3 Å². The standard InChI is InChI=1S/C11H12N2O7S/c1-7(6-10(12)11(14)15)20-21(18,19)9-4-2-8(3-5-9)13(16)17/h2-5,7,12H,6H2,1H3,(H,14,15)/t7-/m0/s1. The first kappa shape index (κ1) is 16.7. The molecule has 9 nitrogen and oxygen atoms in total. The van der Waals surface area contributed by atoms with E-state index in [4.69, 9.17) is 14.7 Å². The zero-order chi connectivity index (χ0) is 16.2. The molecule has 0 saturated carbocycles. The van der Waals surface area contributed by atoms with Gasteiger partial charge in [0.05, 0.1) is 15.9 Å². The molecular weight excluding hydrogens is 304 g/mol. The predicted molar refractivity (Wildman–Crippen MR) is 70.8 cm³/mol. The van der Waals surface area contributed by atoms with Crippen molar-refractivity contribution in [3.8, 4) is 0 Å². The highest BCUT2D eigenvalue weighted by molar-refractivity contribution is 7.86. The molecule has 0 aliphatic heterocycles. The summed E-state index contributed by atoms with van der Waals surface area (Å²) in [6, 6.07) is 4.06. The zero-order valence-electron chi connectivity index (χ0n) is 10.8. The molecule has 1 aromatic rings. The summed E-state index contributed by atoms with van der Waals surface area (Å²) in [4.78, 5) is 20.0. The highest BCUT2D eigenvalue weighted by atomic mass is 32.2. The molecule has 0 aliphatic carbocycles. The Bertz CT molecular complexity index is 666. The first-order chi connectivity index (χ1) is 9.63. The van der Waals surface area contributed by atoms with Gasteiger partial charge in [0.25, 0.3) is 15.8 Å². The quantitative estimate of drug-likeness (QED) is 0.332. The molecule has 0 aliphatic rings.